The molecule has 15 heavy (non-hydrogen) atoms. The van der Waals surface area contributed by atoms with Crippen molar-refractivity contribution in [2.75, 3.05) is 0 Å². The van der Waals surface area contributed by atoms with Crippen LogP contribution in [0.5, 0.6) is 0 Å². The first-order chi connectivity index (χ1) is 6.85. The van der Waals surface area contributed by atoms with Gasteiger partial charge in [-0.3, -0.25) is 9.78 Å². The van der Waals surface area contributed by atoms with Crippen LogP contribution in [0.3, 0.4) is 0 Å². The summed E-state index contributed by atoms with van der Waals surface area (Å²) >= 11 is 3.21. The number of carbonyl (C=O) groups is 1. The Morgan fingerprint density at radius 1 is 1.53 bits per heavy atom. The fourth-order valence-corrected chi connectivity index (χ4v) is 1.49. The van der Waals surface area contributed by atoms with Crippen LogP contribution in [-0.2, 0) is 4.79 Å². The van der Waals surface area contributed by atoms with Crippen molar-refractivity contribution < 1.29 is 15.0 Å². The van der Waals surface area contributed by atoms with Gasteiger partial charge in [0.15, 0.2) is 0 Å². The maximum atomic E-state index is 10.9. The van der Waals surface area contributed by atoms with E-state index in [9.17, 15) is 9.90 Å². The summed E-state index contributed by atoms with van der Waals surface area (Å²) in [5, 5.41) is 18.9. The number of hydrogen-bond donors (Lipinski definition) is 2. The number of rotatable bonds is 3. The summed E-state index contributed by atoms with van der Waals surface area (Å²) in [5.74, 6) is -1.05. The number of aliphatic hydroxyl groups excluding tert-OH is 1. The molecule has 1 atom stereocenters. The van der Waals surface area contributed by atoms with Gasteiger partial charge in [0, 0.05) is 22.4 Å². The van der Waals surface area contributed by atoms with Gasteiger partial charge in [0.2, 0.25) is 0 Å². The molecule has 0 aliphatic carbocycles. The Labute approximate surface area is 96.1 Å². The molecule has 0 bridgehead atoms. The average Bonchev–Trinajstić information content (AvgIpc) is 2.16. The summed E-state index contributed by atoms with van der Waals surface area (Å²) in [6, 6.07) is 1.66. The number of carboxylic acids is 1. The molecule has 1 heterocycles. The van der Waals surface area contributed by atoms with E-state index in [1.165, 1.54) is 20.0 Å². The minimum atomic E-state index is -1.23. The lowest BCUT2D eigenvalue weighted by atomic mass is 9.83. The van der Waals surface area contributed by atoms with Gasteiger partial charge in [-0.2, -0.15) is 0 Å². The lowest BCUT2D eigenvalue weighted by molar-refractivity contribution is -0.153. The zero-order chi connectivity index (χ0) is 11.6. The standard InChI is InChI=1S/C10H12BrNO3/c1-10(2,9(14)15)8(13)6-3-7(11)5-12-4-6/h3-5,8,13H,1-2H3,(H,14,15). The summed E-state index contributed by atoms with van der Waals surface area (Å²) in [7, 11) is 0. The second kappa shape index (κ2) is 4.28. The molecule has 0 saturated carbocycles. The number of pyridine rings is 1. The lowest BCUT2D eigenvalue weighted by Crippen LogP contribution is -2.31. The highest BCUT2D eigenvalue weighted by molar-refractivity contribution is 9.10. The van der Waals surface area contributed by atoms with E-state index >= 15 is 0 Å². The van der Waals surface area contributed by atoms with E-state index in [0.29, 0.717) is 10.0 Å². The van der Waals surface area contributed by atoms with Gasteiger partial charge >= 0.3 is 5.97 Å². The van der Waals surface area contributed by atoms with Crippen molar-refractivity contribution in [1.29, 1.82) is 0 Å². The van der Waals surface area contributed by atoms with Crippen molar-refractivity contribution in [3.05, 3.63) is 28.5 Å². The molecule has 4 nitrogen and oxygen atoms in total. The second-order valence-corrected chi connectivity index (χ2v) is 4.78. The maximum absolute atomic E-state index is 10.9. The van der Waals surface area contributed by atoms with Crippen LogP contribution in [0, 0.1) is 5.41 Å². The minimum Gasteiger partial charge on any atom is -0.481 e. The Bertz CT molecular complexity index is 379. The van der Waals surface area contributed by atoms with Gasteiger partial charge in [-0.25, -0.2) is 0 Å². The molecule has 0 radical (unpaired) electrons. The topological polar surface area (TPSA) is 70.4 Å². The van der Waals surface area contributed by atoms with Gasteiger partial charge in [-0.15, -0.1) is 0 Å². The van der Waals surface area contributed by atoms with Crippen molar-refractivity contribution in [2.24, 2.45) is 5.41 Å². The van der Waals surface area contributed by atoms with Crippen molar-refractivity contribution >= 4 is 21.9 Å². The molecule has 0 aromatic carbocycles. The van der Waals surface area contributed by atoms with Gasteiger partial charge in [-0.05, 0) is 35.8 Å². The molecule has 0 aliphatic heterocycles. The monoisotopic (exact) mass is 273 g/mol. The predicted octanol–water partition coefficient (Wildman–Crippen LogP) is 1.99. The van der Waals surface area contributed by atoms with Crippen molar-refractivity contribution in [2.45, 2.75) is 20.0 Å². The van der Waals surface area contributed by atoms with Crippen LogP contribution in [0.4, 0.5) is 0 Å². The fourth-order valence-electron chi connectivity index (χ4n) is 1.11. The molecule has 5 heteroatoms. The molecular weight excluding hydrogens is 262 g/mol. The number of aromatic nitrogens is 1. The fraction of sp³-hybridized carbons (Fsp3) is 0.400. The van der Waals surface area contributed by atoms with E-state index in [4.69, 9.17) is 5.11 Å². The summed E-state index contributed by atoms with van der Waals surface area (Å²) in [6.07, 6.45) is 1.95. The maximum Gasteiger partial charge on any atom is 0.312 e. The average molecular weight is 274 g/mol. The molecule has 0 aliphatic rings. The van der Waals surface area contributed by atoms with Gasteiger partial charge in [-0.1, -0.05) is 0 Å². The molecule has 82 valence electrons. The van der Waals surface area contributed by atoms with Gasteiger partial charge in [0.05, 0.1) is 11.5 Å². The zero-order valence-electron chi connectivity index (χ0n) is 8.44. The lowest BCUT2D eigenvalue weighted by Gasteiger charge is -2.25. The largest absolute Gasteiger partial charge is 0.481 e. The van der Waals surface area contributed by atoms with E-state index < -0.39 is 17.5 Å². The van der Waals surface area contributed by atoms with Crippen LogP contribution in [0.15, 0.2) is 22.9 Å². The molecule has 1 rings (SSSR count). The van der Waals surface area contributed by atoms with Crippen LogP contribution < -0.4 is 0 Å². The van der Waals surface area contributed by atoms with Gasteiger partial charge in [0.1, 0.15) is 0 Å². The van der Waals surface area contributed by atoms with Crippen LogP contribution in [0.1, 0.15) is 25.5 Å². The normalized spacial score (nSPS) is 13.6. The quantitative estimate of drug-likeness (QED) is 0.884. The molecule has 0 saturated heterocycles. The second-order valence-electron chi connectivity index (χ2n) is 3.87. The highest BCUT2D eigenvalue weighted by Crippen LogP contribution is 2.33. The first-order valence-electron chi connectivity index (χ1n) is 4.37. The van der Waals surface area contributed by atoms with E-state index in [0.717, 1.165) is 0 Å². The summed E-state index contributed by atoms with van der Waals surface area (Å²) in [5.41, 5.74) is -0.751. The Balaban J connectivity index is 3.04. The Kier molecular flexibility index (Phi) is 3.46. The Morgan fingerprint density at radius 3 is 2.60 bits per heavy atom. The first-order valence-corrected chi connectivity index (χ1v) is 5.17. The number of nitrogens with zero attached hydrogens (tertiary/aromatic N) is 1. The Hall–Kier alpha value is -0.940. The molecule has 0 amide bonds. The molecule has 1 aromatic heterocycles. The van der Waals surface area contributed by atoms with E-state index in [-0.39, 0.29) is 0 Å². The number of carboxylic acid groups (broad SMARTS) is 1. The van der Waals surface area contributed by atoms with Crippen molar-refractivity contribution in [1.82, 2.24) is 4.98 Å². The highest BCUT2D eigenvalue weighted by Gasteiger charge is 2.36. The van der Waals surface area contributed by atoms with Crippen LogP contribution >= 0.6 is 15.9 Å². The van der Waals surface area contributed by atoms with Crippen LogP contribution in [0.25, 0.3) is 0 Å². The zero-order valence-corrected chi connectivity index (χ0v) is 10.0. The number of halogens is 1. The van der Waals surface area contributed by atoms with E-state index in [1.54, 1.807) is 12.3 Å². The van der Waals surface area contributed by atoms with Crippen LogP contribution in [-0.4, -0.2) is 21.2 Å². The summed E-state index contributed by atoms with van der Waals surface area (Å²) in [4.78, 5) is 14.8. The van der Waals surface area contributed by atoms with Crippen molar-refractivity contribution in [3.63, 3.8) is 0 Å². The van der Waals surface area contributed by atoms with E-state index in [2.05, 4.69) is 20.9 Å². The van der Waals surface area contributed by atoms with Gasteiger partial charge < -0.3 is 10.2 Å². The molecular formula is C10H12BrNO3. The smallest absolute Gasteiger partial charge is 0.312 e. The summed E-state index contributed by atoms with van der Waals surface area (Å²) < 4.78 is 0.709. The number of aliphatic carboxylic acids is 1. The van der Waals surface area contributed by atoms with E-state index in [1.807, 2.05) is 0 Å². The third kappa shape index (κ3) is 2.54. The van der Waals surface area contributed by atoms with Crippen molar-refractivity contribution in [3.8, 4) is 0 Å². The molecule has 0 fully saturated rings. The van der Waals surface area contributed by atoms with Gasteiger partial charge in [0.25, 0.3) is 0 Å². The number of aliphatic hydroxyl groups is 1. The Morgan fingerprint density at radius 2 is 2.13 bits per heavy atom. The molecule has 2 N–H and O–H groups in total. The molecule has 1 unspecified atom stereocenters. The SMILES string of the molecule is CC(C)(C(=O)O)C(O)c1cncc(Br)c1. The van der Waals surface area contributed by atoms with Crippen LogP contribution in [0.2, 0.25) is 0 Å². The first kappa shape index (κ1) is 12.1. The molecule has 0 spiro atoms. The predicted molar refractivity (Wildman–Crippen MR) is 58.3 cm³/mol. The molecule has 1 aromatic rings. The minimum absolute atomic E-state index is 0.483. The summed E-state index contributed by atoms with van der Waals surface area (Å²) in [6.45, 7) is 2.95. The third-order valence-electron chi connectivity index (χ3n) is 2.28. The third-order valence-corrected chi connectivity index (χ3v) is 2.71. The number of hydrogen-bond acceptors (Lipinski definition) is 3. The highest BCUT2D eigenvalue weighted by atomic mass is 79.9.